The fraction of sp³-hybridized carbons (Fsp3) is 0.800. The fourth-order valence-electron chi connectivity index (χ4n) is 2.42. The zero-order valence-electron chi connectivity index (χ0n) is 12.7. The third-order valence-corrected chi connectivity index (χ3v) is 5.28. The Morgan fingerprint density at radius 1 is 1.42 bits per heavy atom. The number of hydrogen-bond donors (Lipinski definition) is 1. The minimum atomic E-state index is 0.519. The Morgan fingerprint density at radius 3 is 2.68 bits per heavy atom. The van der Waals surface area contributed by atoms with Gasteiger partial charge in [-0.25, -0.2) is 4.98 Å². The van der Waals surface area contributed by atoms with Crippen LogP contribution in [0.4, 0.5) is 5.13 Å². The summed E-state index contributed by atoms with van der Waals surface area (Å²) >= 11 is 1.79. The van der Waals surface area contributed by atoms with Gasteiger partial charge < -0.3 is 10.2 Å². The Bertz CT molecular complexity index is 392. The Balaban J connectivity index is 1.89. The molecule has 1 aromatic rings. The van der Waals surface area contributed by atoms with Crippen LogP contribution in [-0.2, 0) is 6.54 Å². The molecule has 1 N–H and O–H groups in total. The summed E-state index contributed by atoms with van der Waals surface area (Å²) < 4.78 is 0. The molecule has 0 unspecified atom stereocenters. The topological polar surface area (TPSA) is 28.2 Å². The average molecular weight is 281 g/mol. The summed E-state index contributed by atoms with van der Waals surface area (Å²) in [5.41, 5.74) is 1.73. The molecule has 0 aliphatic carbocycles. The summed E-state index contributed by atoms with van der Waals surface area (Å²) in [5, 5.41) is 6.83. The predicted molar refractivity (Wildman–Crippen MR) is 83.9 cm³/mol. The molecule has 0 bridgehead atoms. The van der Waals surface area contributed by atoms with Crippen LogP contribution in [0.15, 0.2) is 5.38 Å². The second-order valence-corrected chi connectivity index (χ2v) is 7.14. The van der Waals surface area contributed by atoms with Gasteiger partial charge in [0.1, 0.15) is 0 Å². The minimum Gasteiger partial charge on any atom is -0.348 e. The molecule has 0 radical (unpaired) electrons. The molecule has 1 aliphatic rings. The van der Waals surface area contributed by atoms with Crippen molar-refractivity contribution in [2.24, 2.45) is 5.41 Å². The highest BCUT2D eigenvalue weighted by molar-refractivity contribution is 7.13. The largest absolute Gasteiger partial charge is 0.348 e. The third-order valence-electron chi connectivity index (χ3n) is 4.33. The number of thiazole rings is 1. The highest BCUT2D eigenvalue weighted by Crippen LogP contribution is 2.36. The van der Waals surface area contributed by atoms with Gasteiger partial charge in [0, 0.05) is 31.1 Å². The number of nitrogens with one attached hydrogen (secondary N) is 1. The van der Waals surface area contributed by atoms with E-state index in [1.165, 1.54) is 30.1 Å². The van der Waals surface area contributed by atoms with E-state index in [1.54, 1.807) is 11.3 Å². The molecular formula is C15H27N3S. The molecule has 3 nitrogen and oxygen atoms in total. The number of piperidine rings is 1. The average Bonchev–Trinajstić information content (AvgIpc) is 2.86. The highest BCUT2D eigenvalue weighted by Gasteiger charge is 2.29. The second kappa shape index (κ2) is 6.23. The number of aromatic nitrogens is 1. The van der Waals surface area contributed by atoms with Crippen LogP contribution >= 0.6 is 11.3 Å². The van der Waals surface area contributed by atoms with Gasteiger partial charge in [0.05, 0.1) is 5.69 Å². The molecule has 1 fully saturated rings. The lowest BCUT2D eigenvalue weighted by molar-refractivity contribution is 0.238. The van der Waals surface area contributed by atoms with E-state index < -0.39 is 0 Å². The minimum absolute atomic E-state index is 0.519. The van der Waals surface area contributed by atoms with E-state index in [0.29, 0.717) is 11.5 Å². The summed E-state index contributed by atoms with van der Waals surface area (Å²) in [4.78, 5) is 7.22. The van der Waals surface area contributed by atoms with Crippen molar-refractivity contribution in [3.63, 3.8) is 0 Å². The monoisotopic (exact) mass is 281 g/mol. The van der Waals surface area contributed by atoms with E-state index in [2.05, 4.69) is 43.3 Å². The smallest absolute Gasteiger partial charge is 0.185 e. The molecule has 0 saturated carbocycles. The van der Waals surface area contributed by atoms with E-state index >= 15 is 0 Å². The first kappa shape index (κ1) is 14.8. The molecule has 1 aromatic heterocycles. The van der Waals surface area contributed by atoms with Crippen LogP contribution in [0.5, 0.6) is 0 Å². The SMILES string of the molecule is CCC1(C)CCN(c2nc(CNC(C)C)cs2)CC1. The Morgan fingerprint density at radius 2 is 2.11 bits per heavy atom. The summed E-state index contributed by atoms with van der Waals surface area (Å²) in [6, 6.07) is 0.519. The van der Waals surface area contributed by atoms with Crippen LogP contribution in [0.3, 0.4) is 0 Å². The Labute approximate surface area is 121 Å². The van der Waals surface area contributed by atoms with Crippen LogP contribution in [0.25, 0.3) is 0 Å². The van der Waals surface area contributed by atoms with Crippen molar-refractivity contribution in [3.05, 3.63) is 11.1 Å². The van der Waals surface area contributed by atoms with Crippen LogP contribution in [-0.4, -0.2) is 24.1 Å². The summed E-state index contributed by atoms with van der Waals surface area (Å²) in [5.74, 6) is 0. The summed E-state index contributed by atoms with van der Waals surface area (Å²) in [7, 11) is 0. The van der Waals surface area contributed by atoms with Gasteiger partial charge in [-0.15, -0.1) is 11.3 Å². The molecule has 2 heterocycles. The maximum absolute atomic E-state index is 4.76. The van der Waals surface area contributed by atoms with E-state index in [4.69, 9.17) is 4.98 Å². The van der Waals surface area contributed by atoms with Gasteiger partial charge in [-0.3, -0.25) is 0 Å². The first-order valence-electron chi connectivity index (χ1n) is 7.45. The maximum Gasteiger partial charge on any atom is 0.185 e. The zero-order chi connectivity index (χ0) is 13.9. The molecule has 1 saturated heterocycles. The van der Waals surface area contributed by atoms with Crippen LogP contribution in [0, 0.1) is 5.41 Å². The number of rotatable bonds is 5. The Kier molecular flexibility index (Phi) is 4.85. The van der Waals surface area contributed by atoms with Crippen molar-refractivity contribution in [2.45, 2.75) is 59.5 Å². The quantitative estimate of drug-likeness (QED) is 0.893. The number of anilines is 1. The van der Waals surface area contributed by atoms with Gasteiger partial charge in [0.15, 0.2) is 5.13 Å². The fourth-order valence-corrected chi connectivity index (χ4v) is 3.30. The standard InChI is InChI=1S/C15H27N3S/c1-5-15(4)6-8-18(9-7-15)14-17-13(11-19-14)10-16-12(2)3/h11-12,16H,5-10H2,1-4H3. The van der Waals surface area contributed by atoms with Gasteiger partial charge in [-0.2, -0.15) is 0 Å². The normalized spacial score (nSPS) is 19.1. The highest BCUT2D eigenvalue weighted by atomic mass is 32.1. The lowest BCUT2D eigenvalue weighted by Gasteiger charge is -2.38. The molecule has 0 atom stereocenters. The molecule has 2 rings (SSSR count). The zero-order valence-corrected chi connectivity index (χ0v) is 13.5. The van der Waals surface area contributed by atoms with E-state index in [-0.39, 0.29) is 0 Å². The Hall–Kier alpha value is -0.610. The number of nitrogens with zero attached hydrogens (tertiary/aromatic N) is 2. The molecule has 0 aromatic carbocycles. The van der Waals surface area contributed by atoms with Gasteiger partial charge in [0.25, 0.3) is 0 Å². The van der Waals surface area contributed by atoms with Crippen molar-refractivity contribution >= 4 is 16.5 Å². The van der Waals surface area contributed by atoms with Gasteiger partial charge in [-0.1, -0.05) is 34.1 Å². The maximum atomic E-state index is 4.76. The molecule has 108 valence electrons. The predicted octanol–water partition coefficient (Wildman–Crippen LogP) is 3.66. The number of hydrogen-bond acceptors (Lipinski definition) is 4. The lowest BCUT2D eigenvalue weighted by Crippen LogP contribution is -2.38. The van der Waals surface area contributed by atoms with Gasteiger partial charge in [-0.05, 0) is 18.3 Å². The molecule has 1 aliphatic heterocycles. The first-order valence-corrected chi connectivity index (χ1v) is 8.33. The summed E-state index contributed by atoms with van der Waals surface area (Å²) in [6.07, 6.45) is 3.88. The molecule has 19 heavy (non-hydrogen) atoms. The van der Waals surface area contributed by atoms with Crippen LogP contribution < -0.4 is 10.2 Å². The molecular weight excluding hydrogens is 254 g/mol. The van der Waals surface area contributed by atoms with Crippen molar-refractivity contribution in [2.75, 3.05) is 18.0 Å². The lowest BCUT2D eigenvalue weighted by atomic mass is 9.78. The third kappa shape index (κ3) is 3.93. The van der Waals surface area contributed by atoms with Crippen molar-refractivity contribution in [1.82, 2.24) is 10.3 Å². The van der Waals surface area contributed by atoms with Gasteiger partial charge >= 0.3 is 0 Å². The van der Waals surface area contributed by atoms with E-state index in [0.717, 1.165) is 19.6 Å². The van der Waals surface area contributed by atoms with Crippen molar-refractivity contribution in [3.8, 4) is 0 Å². The van der Waals surface area contributed by atoms with Crippen LogP contribution in [0.2, 0.25) is 0 Å². The van der Waals surface area contributed by atoms with Crippen molar-refractivity contribution < 1.29 is 0 Å². The first-order chi connectivity index (χ1) is 9.02. The molecule has 0 amide bonds. The van der Waals surface area contributed by atoms with E-state index in [9.17, 15) is 0 Å². The van der Waals surface area contributed by atoms with E-state index in [1.807, 2.05) is 0 Å². The van der Waals surface area contributed by atoms with Crippen molar-refractivity contribution in [1.29, 1.82) is 0 Å². The molecule has 0 spiro atoms. The molecule has 4 heteroatoms. The second-order valence-electron chi connectivity index (χ2n) is 6.31. The summed E-state index contributed by atoms with van der Waals surface area (Å²) in [6.45, 7) is 12.3. The van der Waals surface area contributed by atoms with Gasteiger partial charge in [0.2, 0.25) is 0 Å². The van der Waals surface area contributed by atoms with Crippen LogP contribution in [0.1, 0.15) is 52.7 Å².